The maximum absolute atomic E-state index is 12.5. The first-order valence-corrected chi connectivity index (χ1v) is 9.55. The van der Waals surface area contributed by atoms with E-state index in [4.69, 9.17) is 14.2 Å². The predicted octanol–water partition coefficient (Wildman–Crippen LogP) is 4.33. The standard InChI is InChI=1S/C24H20N2O5/c1-29-20-5-3-2-4-19(20)26-24(28)17-8-10-18(11-9-17)25-23(27)13-7-16-6-12-21-22(14-16)31-15-30-21/h2-14H,15H2,1H3,(H,25,27)(H,26,28)/b13-7+. The highest BCUT2D eigenvalue weighted by Crippen LogP contribution is 2.32. The fourth-order valence-corrected chi connectivity index (χ4v) is 3.02. The summed E-state index contributed by atoms with van der Waals surface area (Å²) in [7, 11) is 1.55. The first kappa shape index (κ1) is 20.0. The zero-order chi connectivity index (χ0) is 21.6. The van der Waals surface area contributed by atoms with Crippen LogP contribution in [0, 0.1) is 0 Å². The van der Waals surface area contributed by atoms with Crippen LogP contribution in [0.1, 0.15) is 15.9 Å². The molecule has 1 heterocycles. The average Bonchev–Trinajstić information content (AvgIpc) is 3.26. The molecule has 4 rings (SSSR count). The third-order valence-electron chi connectivity index (χ3n) is 4.59. The smallest absolute Gasteiger partial charge is 0.255 e. The number of fused-ring (bicyclic) bond motifs is 1. The second kappa shape index (κ2) is 9.04. The van der Waals surface area contributed by atoms with Gasteiger partial charge in [0, 0.05) is 17.3 Å². The number of hydrogen-bond donors (Lipinski definition) is 2. The monoisotopic (exact) mass is 416 g/mol. The molecule has 0 unspecified atom stereocenters. The van der Waals surface area contributed by atoms with Crippen molar-refractivity contribution in [3.63, 3.8) is 0 Å². The summed E-state index contributed by atoms with van der Waals surface area (Å²) in [6.07, 6.45) is 3.12. The van der Waals surface area contributed by atoms with Gasteiger partial charge in [-0.05, 0) is 60.2 Å². The molecule has 31 heavy (non-hydrogen) atoms. The van der Waals surface area contributed by atoms with Crippen molar-refractivity contribution in [3.05, 3.63) is 83.9 Å². The number of para-hydroxylation sites is 2. The molecule has 7 nitrogen and oxygen atoms in total. The number of amides is 2. The van der Waals surface area contributed by atoms with Crippen LogP contribution in [0.5, 0.6) is 17.2 Å². The Morgan fingerprint density at radius 2 is 1.71 bits per heavy atom. The molecule has 2 N–H and O–H groups in total. The number of nitrogens with one attached hydrogen (secondary N) is 2. The van der Waals surface area contributed by atoms with Crippen molar-refractivity contribution in [2.75, 3.05) is 24.5 Å². The maximum Gasteiger partial charge on any atom is 0.255 e. The van der Waals surface area contributed by atoms with E-state index in [9.17, 15) is 9.59 Å². The van der Waals surface area contributed by atoms with Crippen molar-refractivity contribution in [2.45, 2.75) is 0 Å². The molecular formula is C24H20N2O5. The van der Waals surface area contributed by atoms with Crippen molar-refractivity contribution in [1.82, 2.24) is 0 Å². The van der Waals surface area contributed by atoms with Crippen LogP contribution in [0.3, 0.4) is 0 Å². The number of benzene rings is 3. The van der Waals surface area contributed by atoms with Crippen molar-refractivity contribution in [1.29, 1.82) is 0 Å². The Morgan fingerprint density at radius 1 is 0.935 bits per heavy atom. The lowest BCUT2D eigenvalue weighted by atomic mass is 10.1. The van der Waals surface area contributed by atoms with E-state index in [1.807, 2.05) is 18.2 Å². The minimum Gasteiger partial charge on any atom is -0.495 e. The van der Waals surface area contributed by atoms with Gasteiger partial charge in [-0.25, -0.2) is 0 Å². The molecule has 3 aromatic carbocycles. The van der Waals surface area contributed by atoms with E-state index in [0.29, 0.717) is 34.2 Å². The van der Waals surface area contributed by atoms with Gasteiger partial charge >= 0.3 is 0 Å². The first-order chi connectivity index (χ1) is 15.1. The van der Waals surface area contributed by atoms with E-state index in [1.165, 1.54) is 6.08 Å². The van der Waals surface area contributed by atoms with Crippen molar-refractivity contribution >= 4 is 29.3 Å². The summed E-state index contributed by atoms with van der Waals surface area (Å²) >= 11 is 0. The Bertz CT molecular complexity index is 1140. The highest BCUT2D eigenvalue weighted by atomic mass is 16.7. The fourth-order valence-electron chi connectivity index (χ4n) is 3.02. The molecule has 0 aliphatic carbocycles. The lowest BCUT2D eigenvalue weighted by Crippen LogP contribution is -2.13. The summed E-state index contributed by atoms with van der Waals surface area (Å²) in [5.41, 5.74) is 2.44. The van der Waals surface area contributed by atoms with Gasteiger partial charge in [0.2, 0.25) is 12.7 Å². The van der Waals surface area contributed by atoms with Crippen LogP contribution in [0.4, 0.5) is 11.4 Å². The summed E-state index contributed by atoms with van der Waals surface area (Å²) in [5, 5.41) is 5.58. The SMILES string of the molecule is COc1ccccc1NC(=O)c1ccc(NC(=O)/C=C/c2ccc3c(c2)OCO3)cc1. The van der Waals surface area contributed by atoms with Gasteiger partial charge in [-0.2, -0.15) is 0 Å². The molecule has 0 aromatic heterocycles. The summed E-state index contributed by atoms with van der Waals surface area (Å²) < 4.78 is 15.8. The summed E-state index contributed by atoms with van der Waals surface area (Å²) in [4.78, 5) is 24.7. The highest BCUT2D eigenvalue weighted by molar-refractivity contribution is 6.06. The maximum atomic E-state index is 12.5. The molecule has 2 amide bonds. The Hall–Kier alpha value is -4.26. The summed E-state index contributed by atoms with van der Waals surface area (Å²) in [5.74, 6) is 1.36. The third-order valence-corrected chi connectivity index (χ3v) is 4.59. The van der Waals surface area contributed by atoms with Crippen LogP contribution < -0.4 is 24.8 Å². The van der Waals surface area contributed by atoms with Gasteiger partial charge in [0.15, 0.2) is 11.5 Å². The number of hydrogen-bond acceptors (Lipinski definition) is 5. The second-order valence-electron chi connectivity index (χ2n) is 6.67. The van der Waals surface area contributed by atoms with Crippen molar-refractivity contribution in [2.24, 2.45) is 0 Å². The van der Waals surface area contributed by atoms with Gasteiger partial charge < -0.3 is 24.8 Å². The Labute approximate surface area is 179 Å². The van der Waals surface area contributed by atoms with E-state index < -0.39 is 0 Å². The molecular weight excluding hydrogens is 396 g/mol. The second-order valence-corrected chi connectivity index (χ2v) is 6.67. The molecule has 1 aliphatic rings. The summed E-state index contributed by atoms with van der Waals surface area (Å²) in [6, 6.07) is 19.2. The van der Waals surface area contributed by atoms with E-state index in [1.54, 1.807) is 61.7 Å². The molecule has 0 fully saturated rings. The lowest BCUT2D eigenvalue weighted by Gasteiger charge is -2.10. The average molecular weight is 416 g/mol. The largest absolute Gasteiger partial charge is 0.495 e. The molecule has 156 valence electrons. The Morgan fingerprint density at radius 3 is 2.52 bits per heavy atom. The van der Waals surface area contributed by atoms with Gasteiger partial charge in [-0.1, -0.05) is 18.2 Å². The van der Waals surface area contributed by atoms with Gasteiger partial charge in [0.05, 0.1) is 12.8 Å². The zero-order valence-electron chi connectivity index (χ0n) is 16.8. The van der Waals surface area contributed by atoms with Crippen LogP contribution in [-0.4, -0.2) is 25.7 Å². The molecule has 0 radical (unpaired) electrons. The van der Waals surface area contributed by atoms with Gasteiger partial charge in [0.1, 0.15) is 5.75 Å². The number of anilines is 2. The number of carbonyl (C=O) groups excluding carboxylic acids is 2. The number of rotatable bonds is 6. The highest BCUT2D eigenvalue weighted by Gasteiger charge is 2.12. The number of ether oxygens (including phenoxy) is 3. The van der Waals surface area contributed by atoms with E-state index in [2.05, 4.69) is 10.6 Å². The minimum absolute atomic E-state index is 0.204. The van der Waals surface area contributed by atoms with Crippen LogP contribution in [-0.2, 0) is 4.79 Å². The van der Waals surface area contributed by atoms with Crippen LogP contribution in [0.15, 0.2) is 72.8 Å². The molecule has 1 aliphatic heterocycles. The predicted molar refractivity (Wildman–Crippen MR) is 118 cm³/mol. The molecule has 0 bridgehead atoms. The molecule has 0 saturated carbocycles. The fraction of sp³-hybridized carbons (Fsp3) is 0.0833. The number of methoxy groups -OCH3 is 1. The molecule has 0 atom stereocenters. The van der Waals surface area contributed by atoms with Crippen LogP contribution in [0.25, 0.3) is 6.08 Å². The topological polar surface area (TPSA) is 85.9 Å². The van der Waals surface area contributed by atoms with Gasteiger partial charge in [-0.3, -0.25) is 9.59 Å². The van der Waals surface area contributed by atoms with Crippen LogP contribution >= 0.6 is 0 Å². The van der Waals surface area contributed by atoms with Crippen molar-refractivity contribution in [3.8, 4) is 17.2 Å². The van der Waals surface area contributed by atoms with Gasteiger partial charge in [-0.15, -0.1) is 0 Å². The van der Waals surface area contributed by atoms with E-state index in [0.717, 1.165) is 5.56 Å². The summed E-state index contributed by atoms with van der Waals surface area (Å²) in [6.45, 7) is 0.204. The quantitative estimate of drug-likeness (QED) is 0.584. The normalized spacial score (nSPS) is 11.9. The van der Waals surface area contributed by atoms with Gasteiger partial charge in [0.25, 0.3) is 5.91 Å². The van der Waals surface area contributed by atoms with E-state index >= 15 is 0 Å². The van der Waals surface area contributed by atoms with E-state index in [-0.39, 0.29) is 18.6 Å². The lowest BCUT2D eigenvalue weighted by molar-refractivity contribution is -0.111. The molecule has 3 aromatic rings. The Balaban J connectivity index is 1.35. The molecule has 7 heteroatoms. The van der Waals surface area contributed by atoms with Crippen LogP contribution in [0.2, 0.25) is 0 Å². The third kappa shape index (κ3) is 4.84. The molecule has 0 spiro atoms. The molecule has 0 saturated heterocycles. The van der Waals surface area contributed by atoms with Crippen molar-refractivity contribution < 1.29 is 23.8 Å². The number of carbonyl (C=O) groups is 2. The minimum atomic E-state index is -0.288. The first-order valence-electron chi connectivity index (χ1n) is 9.55. The Kier molecular flexibility index (Phi) is 5.84. The zero-order valence-corrected chi connectivity index (χ0v) is 16.8.